The Morgan fingerprint density at radius 2 is 1.77 bits per heavy atom. The molecule has 0 unspecified atom stereocenters. The van der Waals surface area contributed by atoms with E-state index in [2.05, 4.69) is 0 Å². The van der Waals surface area contributed by atoms with Crippen molar-refractivity contribution in [2.45, 2.75) is 31.3 Å². The van der Waals surface area contributed by atoms with E-state index in [0.717, 1.165) is 5.56 Å². The number of ether oxygens (including phenoxy) is 1. The number of rotatable bonds is 4. The van der Waals surface area contributed by atoms with Gasteiger partial charge in [0.25, 0.3) is 11.6 Å². The molecule has 0 aliphatic carbocycles. The Hall–Kier alpha value is -2.77. The van der Waals surface area contributed by atoms with Crippen molar-refractivity contribution in [1.29, 1.82) is 0 Å². The highest BCUT2D eigenvalue weighted by Gasteiger charge is 2.43. The van der Waals surface area contributed by atoms with E-state index in [-0.39, 0.29) is 23.7 Å². The van der Waals surface area contributed by atoms with Crippen LogP contribution in [0.5, 0.6) is 0 Å². The molecule has 3 rings (SSSR count). The Morgan fingerprint density at radius 1 is 1.15 bits per heavy atom. The highest BCUT2D eigenvalue weighted by atomic mass is 16.6. The fourth-order valence-electron chi connectivity index (χ4n) is 3.11. The van der Waals surface area contributed by atoms with Crippen molar-refractivity contribution in [3.05, 3.63) is 75.8 Å². The van der Waals surface area contributed by atoms with Gasteiger partial charge in [0.1, 0.15) is 12.2 Å². The number of carbonyl (C=O) groups is 1. The van der Waals surface area contributed by atoms with Crippen LogP contribution in [0.25, 0.3) is 0 Å². The van der Waals surface area contributed by atoms with Crippen LogP contribution in [0, 0.1) is 10.1 Å². The van der Waals surface area contributed by atoms with Crippen molar-refractivity contribution in [1.82, 2.24) is 4.90 Å². The maximum atomic E-state index is 12.6. The summed E-state index contributed by atoms with van der Waals surface area (Å²) >= 11 is 0. The van der Waals surface area contributed by atoms with Crippen LogP contribution in [0.1, 0.15) is 30.3 Å². The molecule has 1 N–H and O–H groups in total. The molecule has 1 fully saturated rings. The van der Waals surface area contributed by atoms with Gasteiger partial charge in [0.15, 0.2) is 6.10 Å². The molecule has 1 aliphatic heterocycles. The maximum Gasteiger partial charge on any atom is 0.269 e. The molecular weight excluding hydrogens is 336 g/mol. The Balaban J connectivity index is 1.87. The summed E-state index contributed by atoms with van der Waals surface area (Å²) in [6.45, 7) is 1.89. The third-order valence-electron chi connectivity index (χ3n) is 4.79. The van der Waals surface area contributed by atoms with Gasteiger partial charge in [0, 0.05) is 19.2 Å². The summed E-state index contributed by atoms with van der Waals surface area (Å²) in [6, 6.07) is 14.8. The van der Waals surface area contributed by atoms with Gasteiger partial charge in [-0.3, -0.25) is 14.9 Å². The molecule has 136 valence electrons. The van der Waals surface area contributed by atoms with Gasteiger partial charge in [-0.2, -0.15) is 0 Å². The van der Waals surface area contributed by atoms with Gasteiger partial charge in [-0.05, 0) is 30.2 Å². The van der Waals surface area contributed by atoms with Crippen LogP contribution in [0.4, 0.5) is 5.69 Å². The number of hydrogen-bond acceptors (Lipinski definition) is 5. The number of non-ortho nitro benzene ring substituents is 1. The number of morpholine rings is 1. The molecule has 7 heteroatoms. The third-order valence-corrected chi connectivity index (χ3v) is 4.79. The summed E-state index contributed by atoms with van der Waals surface area (Å²) in [6.07, 6.45) is -2.68. The monoisotopic (exact) mass is 356 g/mol. The number of likely N-dealkylation sites (N-methyl/N-ethyl adjacent to an activating group) is 1. The maximum absolute atomic E-state index is 12.6. The van der Waals surface area contributed by atoms with E-state index in [1.165, 1.54) is 24.3 Å². The molecule has 1 amide bonds. The largest absolute Gasteiger partial charge is 0.385 e. The van der Waals surface area contributed by atoms with Crippen molar-refractivity contribution >= 4 is 11.6 Å². The summed E-state index contributed by atoms with van der Waals surface area (Å²) in [5.41, 5.74) is 1.23. The predicted molar refractivity (Wildman–Crippen MR) is 94.3 cm³/mol. The minimum Gasteiger partial charge on any atom is -0.385 e. The normalized spacial score (nSPS) is 24.3. The number of carbonyl (C=O) groups excluding carboxylic acids is 1. The summed E-state index contributed by atoms with van der Waals surface area (Å²) in [4.78, 5) is 24.5. The van der Waals surface area contributed by atoms with E-state index >= 15 is 0 Å². The van der Waals surface area contributed by atoms with Gasteiger partial charge in [0.2, 0.25) is 0 Å². The smallest absolute Gasteiger partial charge is 0.269 e. The average molecular weight is 356 g/mol. The van der Waals surface area contributed by atoms with Crippen LogP contribution < -0.4 is 0 Å². The first-order valence-corrected chi connectivity index (χ1v) is 8.29. The Labute approximate surface area is 151 Å². The number of amides is 1. The Morgan fingerprint density at radius 3 is 2.35 bits per heavy atom. The quantitative estimate of drug-likeness (QED) is 0.671. The molecule has 0 radical (unpaired) electrons. The molecule has 26 heavy (non-hydrogen) atoms. The highest BCUT2D eigenvalue weighted by molar-refractivity contribution is 5.82. The van der Waals surface area contributed by atoms with Crippen LogP contribution in [-0.2, 0) is 9.53 Å². The Bertz CT molecular complexity index is 793. The zero-order valence-electron chi connectivity index (χ0n) is 14.5. The van der Waals surface area contributed by atoms with Crippen LogP contribution >= 0.6 is 0 Å². The molecule has 1 heterocycles. The van der Waals surface area contributed by atoms with Crippen molar-refractivity contribution in [3.63, 3.8) is 0 Å². The summed E-state index contributed by atoms with van der Waals surface area (Å²) in [5.74, 6) is -0.324. The third kappa shape index (κ3) is 3.31. The second kappa shape index (κ2) is 7.23. The fraction of sp³-hybridized carbons (Fsp3) is 0.316. The van der Waals surface area contributed by atoms with Crippen LogP contribution in [0.2, 0.25) is 0 Å². The molecule has 1 saturated heterocycles. The second-order valence-corrected chi connectivity index (χ2v) is 6.37. The van der Waals surface area contributed by atoms with E-state index in [1.54, 1.807) is 11.9 Å². The van der Waals surface area contributed by atoms with Crippen molar-refractivity contribution in [2.75, 3.05) is 7.05 Å². The van der Waals surface area contributed by atoms with E-state index in [4.69, 9.17) is 4.74 Å². The lowest BCUT2D eigenvalue weighted by Crippen LogP contribution is -2.53. The number of aliphatic hydroxyl groups is 1. The first-order chi connectivity index (χ1) is 12.4. The number of nitrogens with zero attached hydrogens (tertiary/aromatic N) is 2. The molecule has 2 aromatic rings. The van der Waals surface area contributed by atoms with Gasteiger partial charge in [-0.1, -0.05) is 30.3 Å². The zero-order chi connectivity index (χ0) is 18.8. The zero-order valence-corrected chi connectivity index (χ0v) is 14.5. The number of nitro groups is 1. The van der Waals surface area contributed by atoms with Crippen molar-refractivity contribution in [3.8, 4) is 0 Å². The van der Waals surface area contributed by atoms with Gasteiger partial charge < -0.3 is 14.7 Å². The molecule has 0 aromatic heterocycles. The lowest BCUT2D eigenvalue weighted by molar-refractivity contribution is -0.384. The van der Waals surface area contributed by atoms with Crippen LogP contribution in [0.15, 0.2) is 54.6 Å². The van der Waals surface area contributed by atoms with Crippen LogP contribution in [0.3, 0.4) is 0 Å². The van der Waals surface area contributed by atoms with Crippen LogP contribution in [-0.4, -0.2) is 40.0 Å². The van der Waals surface area contributed by atoms with Gasteiger partial charge in [-0.25, -0.2) is 0 Å². The number of aliphatic hydroxyl groups excluding tert-OH is 1. The summed E-state index contributed by atoms with van der Waals surface area (Å²) in [5, 5.41) is 21.4. The van der Waals surface area contributed by atoms with Gasteiger partial charge in [-0.15, -0.1) is 0 Å². The van der Waals surface area contributed by atoms with E-state index in [0.29, 0.717) is 5.56 Å². The summed E-state index contributed by atoms with van der Waals surface area (Å²) < 4.78 is 5.99. The number of benzene rings is 2. The molecule has 1 aliphatic rings. The van der Waals surface area contributed by atoms with E-state index < -0.39 is 17.1 Å². The minimum absolute atomic E-state index is 0.0789. The first-order valence-electron chi connectivity index (χ1n) is 8.29. The minimum atomic E-state index is -1.22. The van der Waals surface area contributed by atoms with E-state index in [1.807, 2.05) is 37.3 Å². The molecule has 2 aromatic carbocycles. The Kier molecular flexibility index (Phi) is 5.01. The predicted octanol–water partition coefficient (Wildman–Crippen LogP) is 2.62. The van der Waals surface area contributed by atoms with Crippen molar-refractivity contribution in [2.24, 2.45) is 0 Å². The average Bonchev–Trinajstić information content (AvgIpc) is 2.66. The SMILES string of the molecule is C[C@H]1[C@H](c2ccccc2)O[C@H]([C@H](O)c2ccc([N+](=O)[O-])cc2)C(=O)N1C. The molecule has 0 saturated carbocycles. The molecule has 7 nitrogen and oxygen atoms in total. The van der Waals surface area contributed by atoms with Crippen molar-refractivity contribution < 1.29 is 19.6 Å². The van der Waals surface area contributed by atoms with Gasteiger partial charge in [0.05, 0.1) is 11.0 Å². The lowest BCUT2D eigenvalue weighted by atomic mass is 9.95. The summed E-state index contributed by atoms with van der Waals surface area (Å²) in [7, 11) is 1.68. The lowest BCUT2D eigenvalue weighted by Gasteiger charge is -2.42. The van der Waals surface area contributed by atoms with E-state index in [9.17, 15) is 20.0 Å². The number of hydrogen-bond donors (Lipinski definition) is 1. The highest BCUT2D eigenvalue weighted by Crippen LogP contribution is 2.35. The van der Waals surface area contributed by atoms with Gasteiger partial charge >= 0.3 is 0 Å². The first kappa shape index (κ1) is 18.0. The standard InChI is InChI=1S/C19H20N2O5/c1-12-17(14-6-4-3-5-7-14)26-18(19(23)20(12)2)16(22)13-8-10-15(11-9-13)21(24)25/h3-12,16-18,22H,1-2H3/t12-,16+,17+,18+/m0/s1. The molecule has 0 spiro atoms. The molecule has 4 atom stereocenters. The molecular formula is C19H20N2O5. The number of nitro benzene ring substituents is 1. The second-order valence-electron chi connectivity index (χ2n) is 6.37. The molecule has 0 bridgehead atoms. The topological polar surface area (TPSA) is 92.9 Å². The fourth-order valence-corrected chi connectivity index (χ4v) is 3.11.